The second kappa shape index (κ2) is 9.70. The van der Waals surface area contributed by atoms with Crippen molar-refractivity contribution in [2.75, 3.05) is 26.2 Å². The molecule has 2 aromatic rings. The number of carbonyl (C=O) groups excluding carboxylic acids is 1. The zero-order valence-electron chi connectivity index (χ0n) is 16.7. The van der Waals surface area contributed by atoms with Crippen molar-refractivity contribution in [2.24, 2.45) is 0 Å². The number of amides is 1. The smallest absolute Gasteiger partial charge is 0.226 e. The molecular weight excluding hydrogens is 332 g/mol. The molecule has 3 nitrogen and oxygen atoms in total. The molecule has 0 aliphatic carbocycles. The largest absolute Gasteiger partial charge is 0.342 e. The van der Waals surface area contributed by atoms with E-state index in [9.17, 15) is 4.79 Å². The number of hydrogen-bond donors (Lipinski definition) is 0. The Kier molecular flexibility index (Phi) is 7.05. The summed E-state index contributed by atoms with van der Waals surface area (Å²) in [6.07, 6.45) is 3.91. The van der Waals surface area contributed by atoms with Gasteiger partial charge in [-0.1, -0.05) is 68.4 Å². The molecule has 0 unspecified atom stereocenters. The Morgan fingerprint density at radius 3 is 2.19 bits per heavy atom. The molecule has 1 aliphatic heterocycles. The van der Waals surface area contributed by atoms with Gasteiger partial charge in [-0.3, -0.25) is 4.79 Å². The van der Waals surface area contributed by atoms with Gasteiger partial charge in [-0.05, 0) is 49.0 Å². The number of nitrogens with zero attached hydrogens (tertiary/aromatic N) is 2. The van der Waals surface area contributed by atoms with Crippen LogP contribution in [0.25, 0.3) is 11.1 Å². The summed E-state index contributed by atoms with van der Waals surface area (Å²) in [4.78, 5) is 17.3. The maximum atomic E-state index is 12.7. The van der Waals surface area contributed by atoms with E-state index in [4.69, 9.17) is 0 Å². The van der Waals surface area contributed by atoms with Crippen LogP contribution in [0.1, 0.15) is 38.7 Å². The van der Waals surface area contributed by atoms with Gasteiger partial charge in [0.05, 0.1) is 6.42 Å². The number of carbonyl (C=O) groups is 1. The summed E-state index contributed by atoms with van der Waals surface area (Å²) in [5, 5.41) is 0. The first kappa shape index (κ1) is 19.6. The van der Waals surface area contributed by atoms with Crippen LogP contribution in [0.5, 0.6) is 0 Å². The number of rotatable bonds is 7. The van der Waals surface area contributed by atoms with Crippen molar-refractivity contribution in [3.63, 3.8) is 0 Å². The van der Waals surface area contributed by atoms with Crippen LogP contribution in [-0.2, 0) is 11.2 Å². The highest BCUT2D eigenvalue weighted by molar-refractivity contribution is 5.79. The molecule has 27 heavy (non-hydrogen) atoms. The van der Waals surface area contributed by atoms with Gasteiger partial charge >= 0.3 is 0 Å². The molecule has 0 saturated carbocycles. The molecule has 1 heterocycles. The summed E-state index contributed by atoms with van der Waals surface area (Å²) < 4.78 is 0. The first-order valence-corrected chi connectivity index (χ1v) is 10.4. The lowest BCUT2D eigenvalue weighted by molar-refractivity contribution is -0.132. The SMILES string of the molecule is CCCN(CC)C1CCN(C(=O)Cc2ccc(-c3ccccc3)cc2)CC1. The Bertz CT molecular complexity index is 703. The summed E-state index contributed by atoms with van der Waals surface area (Å²) in [5.41, 5.74) is 3.51. The van der Waals surface area contributed by atoms with Gasteiger partial charge in [0.15, 0.2) is 0 Å². The fourth-order valence-corrected chi connectivity index (χ4v) is 4.10. The van der Waals surface area contributed by atoms with E-state index < -0.39 is 0 Å². The van der Waals surface area contributed by atoms with Crippen molar-refractivity contribution in [3.8, 4) is 11.1 Å². The van der Waals surface area contributed by atoms with E-state index in [1.165, 1.54) is 24.1 Å². The van der Waals surface area contributed by atoms with E-state index in [1.54, 1.807) is 0 Å². The lowest BCUT2D eigenvalue weighted by Gasteiger charge is -2.38. The molecule has 0 bridgehead atoms. The Balaban J connectivity index is 1.52. The van der Waals surface area contributed by atoms with Crippen molar-refractivity contribution in [2.45, 2.75) is 45.6 Å². The van der Waals surface area contributed by atoms with Crippen LogP contribution in [0.3, 0.4) is 0 Å². The highest BCUT2D eigenvalue weighted by Crippen LogP contribution is 2.21. The molecule has 1 fully saturated rings. The number of likely N-dealkylation sites (tertiary alicyclic amines) is 1. The Morgan fingerprint density at radius 2 is 1.59 bits per heavy atom. The minimum absolute atomic E-state index is 0.263. The van der Waals surface area contributed by atoms with Crippen LogP contribution in [0.15, 0.2) is 54.6 Å². The number of hydrogen-bond acceptors (Lipinski definition) is 2. The Labute approximate surface area is 164 Å². The van der Waals surface area contributed by atoms with Gasteiger partial charge < -0.3 is 9.80 Å². The summed E-state index contributed by atoms with van der Waals surface area (Å²) >= 11 is 0. The summed E-state index contributed by atoms with van der Waals surface area (Å²) in [7, 11) is 0. The highest BCUT2D eigenvalue weighted by atomic mass is 16.2. The van der Waals surface area contributed by atoms with Gasteiger partial charge in [0, 0.05) is 19.1 Å². The quantitative estimate of drug-likeness (QED) is 0.716. The van der Waals surface area contributed by atoms with Gasteiger partial charge in [0.2, 0.25) is 5.91 Å². The van der Waals surface area contributed by atoms with E-state index >= 15 is 0 Å². The lowest BCUT2D eigenvalue weighted by atomic mass is 10.0. The van der Waals surface area contributed by atoms with Gasteiger partial charge in [-0.25, -0.2) is 0 Å². The van der Waals surface area contributed by atoms with Crippen molar-refractivity contribution in [3.05, 3.63) is 60.2 Å². The molecule has 0 N–H and O–H groups in total. The third-order valence-electron chi connectivity index (χ3n) is 5.67. The first-order chi connectivity index (χ1) is 13.2. The molecule has 144 valence electrons. The lowest BCUT2D eigenvalue weighted by Crippen LogP contribution is -2.47. The minimum Gasteiger partial charge on any atom is -0.342 e. The fraction of sp³-hybridized carbons (Fsp3) is 0.458. The number of benzene rings is 2. The second-order valence-corrected chi connectivity index (χ2v) is 7.48. The third-order valence-corrected chi connectivity index (χ3v) is 5.67. The highest BCUT2D eigenvalue weighted by Gasteiger charge is 2.25. The van der Waals surface area contributed by atoms with Crippen LogP contribution in [0, 0.1) is 0 Å². The van der Waals surface area contributed by atoms with E-state index in [-0.39, 0.29) is 5.91 Å². The molecule has 0 aromatic heterocycles. The molecule has 0 radical (unpaired) electrons. The monoisotopic (exact) mass is 364 g/mol. The summed E-state index contributed by atoms with van der Waals surface area (Å²) in [6.45, 7) is 8.55. The molecule has 3 rings (SSSR count). The second-order valence-electron chi connectivity index (χ2n) is 7.48. The molecule has 2 aromatic carbocycles. The topological polar surface area (TPSA) is 23.6 Å². The van der Waals surface area contributed by atoms with E-state index in [0.717, 1.165) is 38.0 Å². The molecule has 3 heteroatoms. The van der Waals surface area contributed by atoms with E-state index in [0.29, 0.717) is 12.5 Å². The third kappa shape index (κ3) is 5.20. The molecule has 1 amide bonds. The normalized spacial score (nSPS) is 15.3. The summed E-state index contributed by atoms with van der Waals surface area (Å²) in [6, 6.07) is 19.4. The molecule has 1 saturated heterocycles. The first-order valence-electron chi connectivity index (χ1n) is 10.4. The van der Waals surface area contributed by atoms with Crippen LogP contribution < -0.4 is 0 Å². The van der Waals surface area contributed by atoms with Gasteiger partial charge in [0.25, 0.3) is 0 Å². The summed E-state index contributed by atoms with van der Waals surface area (Å²) in [5.74, 6) is 0.263. The predicted molar refractivity (Wildman–Crippen MR) is 113 cm³/mol. The van der Waals surface area contributed by atoms with Crippen LogP contribution in [-0.4, -0.2) is 47.9 Å². The van der Waals surface area contributed by atoms with Gasteiger partial charge in [0.1, 0.15) is 0 Å². The average molecular weight is 365 g/mol. The Hall–Kier alpha value is -2.13. The predicted octanol–water partition coefficient (Wildman–Crippen LogP) is 4.62. The number of piperidine rings is 1. The van der Waals surface area contributed by atoms with Crippen molar-refractivity contribution in [1.29, 1.82) is 0 Å². The zero-order chi connectivity index (χ0) is 19.1. The Morgan fingerprint density at radius 1 is 0.963 bits per heavy atom. The maximum Gasteiger partial charge on any atom is 0.226 e. The van der Waals surface area contributed by atoms with Crippen molar-refractivity contribution < 1.29 is 4.79 Å². The standard InChI is InChI=1S/C24H32N2O/c1-3-16-25(4-2)23-14-17-26(18-15-23)24(27)19-20-10-12-22(13-11-20)21-8-6-5-7-9-21/h5-13,23H,3-4,14-19H2,1-2H3. The van der Waals surface area contributed by atoms with Crippen molar-refractivity contribution in [1.82, 2.24) is 9.80 Å². The van der Waals surface area contributed by atoms with Crippen LogP contribution in [0.4, 0.5) is 0 Å². The maximum absolute atomic E-state index is 12.7. The van der Waals surface area contributed by atoms with Crippen molar-refractivity contribution >= 4 is 5.91 Å². The average Bonchev–Trinajstić information content (AvgIpc) is 2.73. The molecule has 0 spiro atoms. The zero-order valence-corrected chi connectivity index (χ0v) is 16.7. The fourth-order valence-electron chi connectivity index (χ4n) is 4.10. The minimum atomic E-state index is 0.263. The van der Waals surface area contributed by atoms with Crippen LogP contribution >= 0.6 is 0 Å². The molecule has 0 atom stereocenters. The van der Waals surface area contributed by atoms with E-state index in [1.807, 2.05) is 6.07 Å². The molecular formula is C24H32N2O. The van der Waals surface area contributed by atoms with Gasteiger partial charge in [-0.15, -0.1) is 0 Å². The molecule has 1 aliphatic rings. The van der Waals surface area contributed by atoms with Crippen LogP contribution in [0.2, 0.25) is 0 Å². The van der Waals surface area contributed by atoms with E-state index in [2.05, 4.69) is 72.2 Å². The van der Waals surface area contributed by atoms with Gasteiger partial charge in [-0.2, -0.15) is 0 Å².